The smallest absolute Gasteiger partial charge is 0.359 e. The van der Waals surface area contributed by atoms with E-state index in [0.29, 0.717) is 10.8 Å². The fourth-order valence-corrected chi connectivity index (χ4v) is 3.19. The van der Waals surface area contributed by atoms with Gasteiger partial charge in [0.1, 0.15) is 5.82 Å². The molecule has 2 aromatic carbocycles. The van der Waals surface area contributed by atoms with Gasteiger partial charge in [-0.2, -0.15) is 10.4 Å². The van der Waals surface area contributed by atoms with Crippen LogP contribution in [-0.2, 0) is 9.53 Å². The number of aromatic nitrogens is 2. The van der Waals surface area contributed by atoms with E-state index in [4.69, 9.17) is 10.00 Å². The van der Waals surface area contributed by atoms with E-state index in [1.807, 2.05) is 6.07 Å². The molecular formula is C23H21FN4O4. The molecule has 1 aromatic heterocycles. The van der Waals surface area contributed by atoms with E-state index in [9.17, 15) is 18.8 Å². The Balaban J connectivity index is 1.87. The Bertz CT molecular complexity index is 1260. The van der Waals surface area contributed by atoms with Crippen LogP contribution < -0.4 is 10.5 Å². The van der Waals surface area contributed by atoms with Crippen molar-refractivity contribution < 1.29 is 18.7 Å². The molecule has 8 nitrogen and oxygen atoms in total. The lowest BCUT2D eigenvalue weighted by Gasteiger charge is -2.22. The van der Waals surface area contributed by atoms with Gasteiger partial charge in [-0.15, -0.1) is 0 Å². The number of nitriles is 1. The first-order valence-electron chi connectivity index (χ1n) is 9.95. The highest BCUT2D eigenvalue weighted by molar-refractivity contribution is 6.03. The molecule has 0 N–H and O–H groups in total. The zero-order valence-corrected chi connectivity index (χ0v) is 17.6. The lowest BCUT2D eigenvalue weighted by Crippen LogP contribution is -2.36. The largest absolute Gasteiger partial charge is 0.451 e. The molecule has 0 radical (unpaired) electrons. The molecule has 0 aliphatic rings. The molecule has 0 fully saturated rings. The third kappa shape index (κ3) is 4.64. The third-order valence-corrected chi connectivity index (χ3v) is 4.73. The van der Waals surface area contributed by atoms with Crippen molar-refractivity contribution in [1.29, 1.82) is 5.26 Å². The molecule has 0 aliphatic heterocycles. The number of ether oxygens (including phenoxy) is 1. The van der Waals surface area contributed by atoms with Gasteiger partial charge in [0.05, 0.1) is 29.6 Å². The highest BCUT2D eigenvalue weighted by Gasteiger charge is 2.23. The monoisotopic (exact) mass is 436 g/mol. The average Bonchev–Trinajstić information content (AvgIpc) is 2.79. The van der Waals surface area contributed by atoms with Crippen molar-refractivity contribution in [2.75, 3.05) is 18.1 Å². The number of para-hydroxylation sites is 1. The lowest BCUT2D eigenvalue weighted by molar-refractivity contribution is -0.121. The summed E-state index contributed by atoms with van der Waals surface area (Å²) in [4.78, 5) is 39.2. The second kappa shape index (κ2) is 9.83. The van der Waals surface area contributed by atoms with Crippen molar-refractivity contribution >= 4 is 28.3 Å². The fourth-order valence-electron chi connectivity index (χ4n) is 3.19. The Morgan fingerprint density at radius 2 is 1.81 bits per heavy atom. The number of benzene rings is 2. The molecule has 3 rings (SSSR count). The predicted molar refractivity (Wildman–Crippen MR) is 116 cm³/mol. The average molecular weight is 436 g/mol. The van der Waals surface area contributed by atoms with Crippen LogP contribution in [0.2, 0.25) is 0 Å². The van der Waals surface area contributed by atoms with Gasteiger partial charge in [-0.05, 0) is 32.0 Å². The van der Waals surface area contributed by atoms with Crippen molar-refractivity contribution in [3.05, 3.63) is 70.4 Å². The van der Waals surface area contributed by atoms with Gasteiger partial charge in [0.2, 0.25) is 0 Å². The summed E-state index contributed by atoms with van der Waals surface area (Å²) in [6.07, 6.45) is -0.0282. The van der Waals surface area contributed by atoms with Gasteiger partial charge in [0, 0.05) is 11.9 Å². The number of esters is 1. The van der Waals surface area contributed by atoms with E-state index in [2.05, 4.69) is 5.10 Å². The van der Waals surface area contributed by atoms with Crippen LogP contribution in [0.15, 0.2) is 53.3 Å². The van der Waals surface area contributed by atoms with Crippen LogP contribution in [0, 0.1) is 17.1 Å². The van der Waals surface area contributed by atoms with E-state index in [0.717, 1.165) is 4.90 Å². The first-order chi connectivity index (χ1) is 15.3. The molecule has 0 saturated heterocycles. The number of carbonyl (C=O) groups is 2. The maximum absolute atomic E-state index is 14.2. The normalized spacial score (nSPS) is 10.7. The molecule has 1 amide bonds. The number of carbonyl (C=O) groups excluding carboxylic acids is 2. The van der Waals surface area contributed by atoms with Gasteiger partial charge in [0.25, 0.3) is 11.5 Å². The van der Waals surface area contributed by atoms with Crippen molar-refractivity contribution in [3.63, 3.8) is 0 Å². The van der Waals surface area contributed by atoms with E-state index in [-0.39, 0.29) is 35.9 Å². The van der Waals surface area contributed by atoms with Gasteiger partial charge < -0.3 is 9.64 Å². The summed E-state index contributed by atoms with van der Waals surface area (Å²) < 4.78 is 20.6. The second-order valence-corrected chi connectivity index (χ2v) is 7.22. The number of hydrogen-bond donors (Lipinski definition) is 0. The first-order valence-corrected chi connectivity index (χ1v) is 9.95. The van der Waals surface area contributed by atoms with Crippen LogP contribution >= 0.6 is 0 Å². The predicted octanol–water partition coefficient (Wildman–Crippen LogP) is 3.22. The Labute approximate surface area is 183 Å². The van der Waals surface area contributed by atoms with Crippen LogP contribution in [-0.4, -0.2) is 34.8 Å². The molecule has 164 valence electrons. The summed E-state index contributed by atoms with van der Waals surface area (Å²) in [7, 11) is 0. The van der Waals surface area contributed by atoms with Crippen molar-refractivity contribution in [1.82, 2.24) is 9.78 Å². The summed E-state index contributed by atoms with van der Waals surface area (Å²) in [5, 5.41) is 13.6. The summed E-state index contributed by atoms with van der Waals surface area (Å²) in [5.41, 5.74) is -0.456. The minimum Gasteiger partial charge on any atom is -0.451 e. The van der Waals surface area contributed by atoms with Crippen molar-refractivity contribution in [3.8, 4) is 6.07 Å². The molecule has 0 saturated carbocycles. The molecule has 0 bridgehead atoms. The molecule has 1 heterocycles. The number of nitrogens with zero attached hydrogens (tertiary/aromatic N) is 4. The summed E-state index contributed by atoms with van der Waals surface area (Å²) in [6.45, 7) is 2.76. The van der Waals surface area contributed by atoms with E-state index < -0.39 is 24.3 Å². The highest BCUT2D eigenvalue weighted by Crippen LogP contribution is 2.20. The van der Waals surface area contributed by atoms with Crippen molar-refractivity contribution in [2.45, 2.75) is 26.3 Å². The topological polar surface area (TPSA) is 105 Å². The van der Waals surface area contributed by atoms with Crippen LogP contribution in [0.1, 0.15) is 36.8 Å². The van der Waals surface area contributed by atoms with Gasteiger partial charge in [0.15, 0.2) is 12.3 Å². The van der Waals surface area contributed by atoms with Crippen LogP contribution in [0.3, 0.4) is 0 Å². The van der Waals surface area contributed by atoms with Gasteiger partial charge in [-0.25, -0.2) is 13.9 Å². The molecule has 0 aliphatic carbocycles. The Kier molecular flexibility index (Phi) is 6.95. The zero-order valence-electron chi connectivity index (χ0n) is 17.6. The molecular weight excluding hydrogens is 415 g/mol. The number of rotatable bonds is 7. The Morgan fingerprint density at radius 1 is 1.16 bits per heavy atom. The summed E-state index contributed by atoms with van der Waals surface area (Å²) >= 11 is 0. The highest BCUT2D eigenvalue weighted by atomic mass is 19.1. The SMILES string of the molecule is CC(C)n1nc(C(=O)OCC(=O)N(CCC#N)c2ccccc2F)c2ccccc2c1=O. The van der Waals surface area contributed by atoms with Crippen LogP contribution in [0.5, 0.6) is 0 Å². The molecule has 0 atom stereocenters. The minimum absolute atomic E-state index is 0.0132. The summed E-state index contributed by atoms with van der Waals surface area (Å²) in [6, 6.07) is 13.7. The van der Waals surface area contributed by atoms with E-state index in [1.165, 1.54) is 22.9 Å². The number of amides is 1. The van der Waals surface area contributed by atoms with Crippen LogP contribution in [0.25, 0.3) is 10.8 Å². The molecule has 0 spiro atoms. The Hall–Kier alpha value is -4.06. The fraction of sp³-hybridized carbons (Fsp3) is 0.261. The maximum Gasteiger partial charge on any atom is 0.359 e. The number of hydrogen-bond acceptors (Lipinski definition) is 6. The molecule has 9 heteroatoms. The first kappa shape index (κ1) is 22.6. The second-order valence-electron chi connectivity index (χ2n) is 7.22. The lowest BCUT2D eigenvalue weighted by atomic mass is 10.1. The van der Waals surface area contributed by atoms with Crippen LogP contribution in [0.4, 0.5) is 10.1 Å². The molecule has 0 unspecified atom stereocenters. The maximum atomic E-state index is 14.2. The van der Waals surface area contributed by atoms with Gasteiger partial charge in [-0.3, -0.25) is 9.59 Å². The molecule has 3 aromatic rings. The number of fused-ring (bicyclic) bond motifs is 1. The molecule has 32 heavy (non-hydrogen) atoms. The number of anilines is 1. The number of halogens is 1. The standard InChI is InChI=1S/C23H21FN4O4/c1-15(2)28-22(30)17-9-4-3-8-16(17)21(26-28)23(31)32-14-20(29)27(13-7-12-25)19-11-6-5-10-18(19)24/h3-6,8-11,15H,7,13-14H2,1-2H3. The van der Waals surface area contributed by atoms with Gasteiger partial charge in [-0.1, -0.05) is 30.3 Å². The zero-order chi connectivity index (χ0) is 23.3. The van der Waals surface area contributed by atoms with Crippen molar-refractivity contribution in [2.24, 2.45) is 0 Å². The Morgan fingerprint density at radius 3 is 2.47 bits per heavy atom. The van der Waals surface area contributed by atoms with E-state index in [1.54, 1.807) is 44.2 Å². The van der Waals surface area contributed by atoms with E-state index >= 15 is 0 Å². The third-order valence-electron chi connectivity index (χ3n) is 4.73. The minimum atomic E-state index is -0.891. The summed E-state index contributed by atoms with van der Waals surface area (Å²) in [5.74, 6) is -2.22. The van der Waals surface area contributed by atoms with Gasteiger partial charge >= 0.3 is 5.97 Å². The quantitative estimate of drug-likeness (QED) is 0.527.